The molecule has 2 unspecified atom stereocenters. The molecule has 3 nitrogen and oxygen atoms in total. The van der Waals surface area contributed by atoms with Crippen molar-refractivity contribution < 1.29 is 4.79 Å². The van der Waals surface area contributed by atoms with Crippen LogP contribution < -0.4 is 10.6 Å². The molecule has 0 saturated heterocycles. The second-order valence-electron chi connectivity index (χ2n) is 5.53. The fourth-order valence-electron chi connectivity index (χ4n) is 2.53. The molecule has 1 aromatic carbocycles. The molecule has 0 radical (unpaired) electrons. The third-order valence-electron chi connectivity index (χ3n) is 3.29. The zero-order valence-electron chi connectivity index (χ0n) is 11.6. The predicted molar refractivity (Wildman–Crippen MR) is 75.3 cm³/mol. The van der Waals surface area contributed by atoms with E-state index in [1.165, 1.54) is 11.3 Å². The molecule has 3 heteroatoms. The van der Waals surface area contributed by atoms with Crippen molar-refractivity contribution in [1.82, 2.24) is 5.32 Å². The van der Waals surface area contributed by atoms with Crippen molar-refractivity contribution in [2.24, 2.45) is 0 Å². The summed E-state index contributed by atoms with van der Waals surface area (Å²) in [5.41, 5.74) is 3.24. The van der Waals surface area contributed by atoms with Crippen LogP contribution in [0.25, 0.3) is 0 Å². The monoisotopic (exact) mass is 246 g/mol. The van der Waals surface area contributed by atoms with Gasteiger partial charge in [-0.1, -0.05) is 13.8 Å². The van der Waals surface area contributed by atoms with Gasteiger partial charge in [0.2, 0.25) is 0 Å². The molecule has 0 aromatic heterocycles. The van der Waals surface area contributed by atoms with Crippen LogP contribution in [0.2, 0.25) is 0 Å². The number of carbonyl (C=O) groups excluding carboxylic acids is 1. The van der Waals surface area contributed by atoms with Gasteiger partial charge in [0.15, 0.2) is 5.78 Å². The number of fused-ring (bicyclic) bond motifs is 1. The number of benzene rings is 1. The van der Waals surface area contributed by atoms with Gasteiger partial charge in [0, 0.05) is 23.3 Å². The lowest BCUT2D eigenvalue weighted by Crippen LogP contribution is -2.38. The molecule has 18 heavy (non-hydrogen) atoms. The average molecular weight is 246 g/mol. The van der Waals surface area contributed by atoms with Gasteiger partial charge < -0.3 is 10.6 Å². The summed E-state index contributed by atoms with van der Waals surface area (Å²) in [5, 5.41) is 6.65. The van der Waals surface area contributed by atoms with Gasteiger partial charge >= 0.3 is 0 Å². The molecule has 1 aliphatic heterocycles. The Bertz CT molecular complexity index is 454. The van der Waals surface area contributed by atoms with Crippen LogP contribution in [0.3, 0.4) is 0 Å². The fraction of sp³-hybridized carbons (Fsp3) is 0.533. The van der Waals surface area contributed by atoms with Crippen molar-refractivity contribution in [3.8, 4) is 0 Å². The average Bonchev–Trinajstić information content (AvgIpc) is 2.65. The Hall–Kier alpha value is -1.35. The Morgan fingerprint density at radius 2 is 2.11 bits per heavy atom. The van der Waals surface area contributed by atoms with E-state index in [1.54, 1.807) is 0 Å². The maximum absolute atomic E-state index is 12.3. The number of anilines is 1. The Morgan fingerprint density at radius 3 is 2.78 bits per heavy atom. The molecule has 1 aliphatic rings. The standard InChI is InChI=1S/C15H22N2O/c1-9(2)16-11(4)15(18)12-5-6-14-13(8-12)7-10(3)17-14/h5-6,8-11,16-17H,7H2,1-4H3. The first-order valence-electron chi connectivity index (χ1n) is 6.67. The lowest BCUT2D eigenvalue weighted by atomic mass is 10.0. The lowest BCUT2D eigenvalue weighted by Gasteiger charge is -2.16. The third-order valence-corrected chi connectivity index (χ3v) is 3.29. The van der Waals surface area contributed by atoms with Crippen molar-refractivity contribution in [2.45, 2.75) is 52.2 Å². The van der Waals surface area contributed by atoms with Gasteiger partial charge in [0.05, 0.1) is 6.04 Å². The number of hydrogen-bond donors (Lipinski definition) is 2. The number of hydrogen-bond acceptors (Lipinski definition) is 3. The maximum Gasteiger partial charge on any atom is 0.179 e. The largest absolute Gasteiger partial charge is 0.382 e. The summed E-state index contributed by atoms with van der Waals surface area (Å²) in [6.07, 6.45) is 1.00. The fourth-order valence-corrected chi connectivity index (χ4v) is 2.53. The molecule has 0 spiro atoms. The first-order valence-corrected chi connectivity index (χ1v) is 6.67. The van der Waals surface area contributed by atoms with Crippen molar-refractivity contribution in [3.05, 3.63) is 29.3 Å². The minimum absolute atomic E-state index is 0.130. The van der Waals surface area contributed by atoms with Gasteiger partial charge in [-0.2, -0.15) is 0 Å². The molecule has 0 saturated carbocycles. The predicted octanol–water partition coefficient (Wildman–Crippen LogP) is 2.61. The van der Waals surface area contributed by atoms with Crippen LogP contribution in [0.15, 0.2) is 18.2 Å². The first kappa shape index (κ1) is 13.1. The molecule has 0 amide bonds. The second kappa shape index (κ2) is 5.11. The SMILES string of the molecule is CC(C)NC(C)C(=O)c1ccc2c(c1)CC(C)N2. The smallest absolute Gasteiger partial charge is 0.179 e. The van der Waals surface area contributed by atoms with E-state index in [-0.39, 0.29) is 11.8 Å². The first-order chi connectivity index (χ1) is 8.47. The molecular formula is C15H22N2O. The van der Waals surface area contributed by atoms with Crippen LogP contribution >= 0.6 is 0 Å². The molecule has 0 aliphatic carbocycles. The summed E-state index contributed by atoms with van der Waals surface area (Å²) in [4.78, 5) is 12.3. The number of Topliss-reactive ketones (excluding diaryl/α,β-unsaturated/α-hetero) is 1. The van der Waals surface area contributed by atoms with Crippen LogP contribution in [0.5, 0.6) is 0 Å². The molecular weight excluding hydrogens is 224 g/mol. The van der Waals surface area contributed by atoms with Gasteiger partial charge in [-0.3, -0.25) is 4.79 Å². The van der Waals surface area contributed by atoms with Gasteiger partial charge in [-0.15, -0.1) is 0 Å². The Labute approximate surface area is 109 Å². The summed E-state index contributed by atoms with van der Waals surface area (Å²) in [5.74, 6) is 0.172. The van der Waals surface area contributed by atoms with E-state index in [1.807, 2.05) is 25.1 Å². The second-order valence-corrected chi connectivity index (χ2v) is 5.53. The topological polar surface area (TPSA) is 41.1 Å². The highest BCUT2D eigenvalue weighted by molar-refractivity contribution is 6.00. The van der Waals surface area contributed by atoms with E-state index in [9.17, 15) is 4.79 Å². The van der Waals surface area contributed by atoms with Crippen LogP contribution in [0.1, 0.15) is 43.6 Å². The highest BCUT2D eigenvalue weighted by Gasteiger charge is 2.20. The summed E-state index contributed by atoms with van der Waals surface area (Å²) < 4.78 is 0. The summed E-state index contributed by atoms with van der Waals surface area (Å²) in [6.45, 7) is 8.19. The van der Waals surface area contributed by atoms with E-state index in [4.69, 9.17) is 0 Å². The lowest BCUT2D eigenvalue weighted by molar-refractivity contribution is 0.0946. The Morgan fingerprint density at radius 1 is 1.39 bits per heavy atom. The van der Waals surface area contributed by atoms with E-state index in [0.29, 0.717) is 12.1 Å². The number of nitrogens with one attached hydrogen (secondary N) is 2. The normalized spacial score (nSPS) is 19.5. The van der Waals surface area contributed by atoms with Crippen LogP contribution in [-0.4, -0.2) is 23.9 Å². The van der Waals surface area contributed by atoms with Crippen molar-refractivity contribution in [2.75, 3.05) is 5.32 Å². The van der Waals surface area contributed by atoms with E-state index in [2.05, 4.69) is 31.4 Å². The maximum atomic E-state index is 12.3. The van der Waals surface area contributed by atoms with Gasteiger partial charge in [-0.05, 0) is 44.0 Å². The Balaban J connectivity index is 2.15. The molecule has 2 N–H and O–H groups in total. The number of ketones is 1. The van der Waals surface area contributed by atoms with E-state index >= 15 is 0 Å². The van der Waals surface area contributed by atoms with Crippen LogP contribution in [0.4, 0.5) is 5.69 Å². The highest BCUT2D eigenvalue weighted by Crippen LogP contribution is 2.26. The number of carbonyl (C=O) groups is 1. The summed E-state index contributed by atoms with van der Waals surface area (Å²) in [7, 11) is 0. The Kier molecular flexibility index (Phi) is 3.71. The minimum Gasteiger partial charge on any atom is -0.382 e. The minimum atomic E-state index is -0.130. The van der Waals surface area contributed by atoms with Crippen molar-refractivity contribution >= 4 is 11.5 Å². The zero-order valence-corrected chi connectivity index (χ0v) is 11.6. The zero-order chi connectivity index (χ0) is 13.3. The van der Waals surface area contributed by atoms with Crippen LogP contribution in [-0.2, 0) is 6.42 Å². The van der Waals surface area contributed by atoms with Gasteiger partial charge in [0.25, 0.3) is 0 Å². The molecule has 0 bridgehead atoms. The van der Waals surface area contributed by atoms with Gasteiger partial charge in [-0.25, -0.2) is 0 Å². The molecule has 98 valence electrons. The number of rotatable bonds is 4. The van der Waals surface area contributed by atoms with E-state index < -0.39 is 0 Å². The van der Waals surface area contributed by atoms with Crippen molar-refractivity contribution in [3.63, 3.8) is 0 Å². The van der Waals surface area contributed by atoms with Gasteiger partial charge in [0.1, 0.15) is 0 Å². The molecule has 2 atom stereocenters. The summed E-state index contributed by atoms with van der Waals surface area (Å²) in [6, 6.07) is 6.64. The highest BCUT2D eigenvalue weighted by atomic mass is 16.1. The quantitative estimate of drug-likeness (QED) is 0.802. The molecule has 1 aromatic rings. The molecule has 2 rings (SSSR count). The van der Waals surface area contributed by atoms with Crippen LogP contribution in [0, 0.1) is 0 Å². The third kappa shape index (κ3) is 2.72. The molecule has 0 fully saturated rings. The van der Waals surface area contributed by atoms with Crippen molar-refractivity contribution in [1.29, 1.82) is 0 Å². The summed E-state index contributed by atoms with van der Waals surface area (Å²) >= 11 is 0. The molecule has 1 heterocycles. The van der Waals surface area contributed by atoms with E-state index in [0.717, 1.165) is 12.0 Å².